The summed E-state index contributed by atoms with van der Waals surface area (Å²) in [7, 11) is 0. The summed E-state index contributed by atoms with van der Waals surface area (Å²) in [5, 5.41) is 13.0. The summed E-state index contributed by atoms with van der Waals surface area (Å²) in [5.74, 6) is 0.0759. The van der Waals surface area contributed by atoms with Crippen LogP contribution in [0.15, 0.2) is 54.6 Å². The number of morpholine rings is 1. The van der Waals surface area contributed by atoms with Crippen molar-refractivity contribution in [3.8, 4) is 0 Å². The first-order valence-corrected chi connectivity index (χ1v) is 10.1. The highest BCUT2D eigenvalue weighted by molar-refractivity contribution is 5.93. The number of ether oxygens (including phenoxy) is 1. The van der Waals surface area contributed by atoms with Gasteiger partial charge in [0.15, 0.2) is 0 Å². The van der Waals surface area contributed by atoms with Gasteiger partial charge >= 0.3 is 0 Å². The smallest absolute Gasteiger partial charge is 0.249 e. The van der Waals surface area contributed by atoms with Gasteiger partial charge in [-0.05, 0) is 36.1 Å². The number of aliphatic hydroxyl groups excluding tert-OH is 1. The molecule has 1 saturated heterocycles. The van der Waals surface area contributed by atoms with Gasteiger partial charge in [0.1, 0.15) is 12.7 Å². The van der Waals surface area contributed by atoms with Crippen molar-refractivity contribution in [2.24, 2.45) is 5.92 Å². The van der Waals surface area contributed by atoms with Crippen molar-refractivity contribution in [3.05, 3.63) is 65.7 Å². The minimum Gasteiger partial charge on any atom is -0.394 e. The molecule has 2 aliphatic rings. The molecular weight excluding hydrogens is 368 g/mol. The maximum Gasteiger partial charge on any atom is 0.249 e. The topological polar surface area (TPSA) is 78.9 Å². The highest BCUT2D eigenvalue weighted by Crippen LogP contribution is 2.31. The van der Waals surface area contributed by atoms with E-state index in [2.05, 4.69) is 5.32 Å². The fourth-order valence-electron chi connectivity index (χ4n) is 3.87. The van der Waals surface area contributed by atoms with Crippen molar-refractivity contribution >= 4 is 17.5 Å². The van der Waals surface area contributed by atoms with Crippen molar-refractivity contribution < 1.29 is 19.4 Å². The SMILES string of the molecule is O=C(Nc1ccc(C2OCC(=O)N(Cc3ccccc3)C2CO)cc1)C1CCC1. The Balaban J connectivity index is 1.47. The lowest BCUT2D eigenvalue weighted by atomic mass is 9.85. The maximum absolute atomic E-state index is 12.5. The van der Waals surface area contributed by atoms with E-state index in [1.54, 1.807) is 4.90 Å². The first-order chi connectivity index (χ1) is 14.2. The maximum atomic E-state index is 12.5. The number of nitrogens with zero attached hydrogens (tertiary/aromatic N) is 1. The van der Waals surface area contributed by atoms with Crippen LogP contribution in [0, 0.1) is 5.92 Å². The summed E-state index contributed by atoms with van der Waals surface area (Å²) >= 11 is 0. The molecule has 0 radical (unpaired) electrons. The van der Waals surface area contributed by atoms with E-state index < -0.39 is 12.1 Å². The zero-order valence-electron chi connectivity index (χ0n) is 16.3. The fourth-order valence-corrected chi connectivity index (χ4v) is 3.87. The molecule has 6 nitrogen and oxygen atoms in total. The van der Waals surface area contributed by atoms with Gasteiger partial charge in [-0.2, -0.15) is 0 Å². The third-order valence-corrected chi connectivity index (χ3v) is 5.82. The molecule has 2 aromatic rings. The van der Waals surface area contributed by atoms with Crippen molar-refractivity contribution in [1.82, 2.24) is 4.90 Å². The molecule has 2 unspecified atom stereocenters. The summed E-state index contributed by atoms with van der Waals surface area (Å²) in [6.07, 6.45) is 2.63. The predicted molar refractivity (Wildman–Crippen MR) is 109 cm³/mol. The lowest BCUT2D eigenvalue weighted by Crippen LogP contribution is -2.52. The quantitative estimate of drug-likeness (QED) is 0.790. The van der Waals surface area contributed by atoms with Crippen LogP contribution in [-0.4, -0.2) is 41.1 Å². The Hall–Kier alpha value is -2.70. The Morgan fingerprint density at radius 1 is 1.10 bits per heavy atom. The van der Waals surface area contributed by atoms with Gasteiger partial charge in [0, 0.05) is 18.2 Å². The van der Waals surface area contributed by atoms with Gasteiger partial charge in [-0.3, -0.25) is 9.59 Å². The van der Waals surface area contributed by atoms with E-state index in [4.69, 9.17) is 4.74 Å². The summed E-state index contributed by atoms with van der Waals surface area (Å²) in [6, 6.07) is 16.7. The minimum absolute atomic E-state index is 0.0197. The molecule has 0 spiro atoms. The third kappa shape index (κ3) is 4.33. The van der Waals surface area contributed by atoms with E-state index >= 15 is 0 Å². The Morgan fingerprint density at radius 3 is 2.45 bits per heavy atom. The fraction of sp³-hybridized carbons (Fsp3) is 0.391. The summed E-state index contributed by atoms with van der Waals surface area (Å²) in [4.78, 5) is 26.3. The van der Waals surface area contributed by atoms with Crippen molar-refractivity contribution in [2.75, 3.05) is 18.5 Å². The lowest BCUT2D eigenvalue weighted by molar-refractivity contribution is -0.162. The molecule has 1 saturated carbocycles. The number of anilines is 1. The van der Waals surface area contributed by atoms with Crippen LogP contribution in [0.2, 0.25) is 0 Å². The number of hydrogen-bond acceptors (Lipinski definition) is 4. The minimum atomic E-state index is -0.466. The Kier molecular flexibility index (Phi) is 5.92. The van der Waals surface area contributed by atoms with E-state index in [1.165, 1.54) is 0 Å². The van der Waals surface area contributed by atoms with Crippen molar-refractivity contribution in [3.63, 3.8) is 0 Å². The van der Waals surface area contributed by atoms with Gasteiger partial charge in [0.25, 0.3) is 0 Å². The highest BCUT2D eigenvalue weighted by Gasteiger charge is 2.37. The van der Waals surface area contributed by atoms with Gasteiger partial charge in [0.2, 0.25) is 11.8 Å². The number of carbonyl (C=O) groups is 2. The summed E-state index contributed by atoms with van der Waals surface area (Å²) in [6.45, 7) is 0.220. The van der Waals surface area contributed by atoms with Gasteiger partial charge in [-0.15, -0.1) is 0 Å². The number of carbonyl (C=O) groups excluding carboxylic acids is 2. The van der Waals surface area contributed by atoms with Crippen LogP contribution in [0.4, 0.5) is 5.69 Å². The number of benzene rings is 2. The number of amides is 2. The predicted octanol–water partition coefficient (Wildman–Crippen LogP) is 2.89. The first kappa shape index (κ1) is 19.6. The largest absolute Gasteiger partial charge is 0.394 e. The van der Waals surface area contributed by atoms with Crippen molar-refractivity contribution in [1.29, 1.82) is 0 Å². The Labute approximate surface area is 170 Å². The molecule has 29 heavy (non-hydrogen) atoms. The molecule has 2 fully saturated rings. The normalized spacial score (nSPS) is 22.2. The van der Waals surface area contributed by atoms with Crippen LogP contribution in [0.5, 0.6) is 0 Å². The lowest BCUT2D eigenvalue weighted by Gasteiger charge is -2.40. The highest BCUT2D eigenvalue weighted by atomic mass is 16.5. The monoisotopic (exact) mass is 394 g/mol. The molecule has 2 atom stereocenters. The molecule has 0 bridgehead atoms. The van der Waals surface area contributed by atoms with E-state index in [1.807, 2.05) is 54.6 Å². The van der Waals surface area contributed by atoms with Gasteiger partial charge in [-0.25, -0.2) is 0 Å². The van der Waals surface area contributed by atoms with Crippen molar-refractivity contribution in [2.45, 2.75) is 38.0 Å². The third-order valence-electron chi connectivity index (χ3n) is 5.82. The molecule has 6 heteroatoms. The van der Waals surface area contributed by atoms with Gasteiger partial charge < -0.3 is 20.1 Å². The van der Waals surface area contributed by atoms with Gasteiger partial charge in [0.05, 0.1) is 12.6 Å². The molecule has 1 heterocycles. The average Bonchev–Trinajstić information content (AvgIpc) is 2.69. The zero-order chi connectivity index (χ0) is 20.2. The van der Waals surface area contributed by atoms with Crippen LogP contribution < -0.4 is 5.32 Å². The molecule has 0 aromatic heterocycles. The molecule has 152 valence electrons. The Morgan fingerprint density at radius 2 is 1.83 bits per heavy atom. The standard InChI is InChI=1S/C23H26N2O4/c26-14-20-22(29-15-21(27)25(20)13-16-5-2-1-3-6-16)17-9-11-19(12-10-17)24-23(28)18-7-4-8-18/h1-3,5-6,9-12,18,20,22,26H,4,7-8,13-15H2,(H,24,28). The van der Waals surface area contributed by atoms with E-state index in [-0.39, 0.29) is 30.9 Å². The molecule has 4 rings (SSSR count). The van der Waals surface area contributed by atoms with Crippen LogP contribution in [0.3, 0.4) is 0 Å². The van der Waals surface area contributed by atoms with E-state index in [9.17, 15) is 14.7 Å². The number of aliphatic hydroxyl groups is 1. The second kappa shape index (κ2) is 8.76. The van der Waals surface area contributed by atoms with Crippen LogP contribution in [0.25, 0.3) is 0 Å². The number of nitrogens with one attached hydrogen (secondary N) is 1. The van der Waals surface area contributed by atoms with Crippen LogP contribution in [-0.2, 0) is 20.9 Å². The molecule has 1 aliphatic carbocycles. The second-order valence-corrected chi connectivity index (χ2v) is 7.73. The summed E-state index contributed by atoms with van der Waals surface area (Å²) < 4.78 is 5.79. The van der Waals surface area contributed by atoms with E-state index in [0.717, 1.165) is 36.1 Å². The molecular formula is C23H26N2O4. The average molecular weight is 394 g/mol. The molecule has 2 amide bonds. The number of rotatable bonds is 6. The first-order valence-electron chi connectivity index (χ1n) is 10.1. The summed E-state index contributed by atoms with van der Waals surface area (Å²) in [5.41, 5.74) is 2.63. The van der Waals surface area contributed by atoms with E-state index in [0.29, 0.717) is 6.54 Å². The number of hydrogen-bond donors (Lipinski definition) is 2. The van der Waals surface area contributed by atoms with Crippen LogP contribution in [0.1, 0.15) is 36.5 Å². The van der Waals surface area contributed by atoms with Gasteiger partial charge in [-0.1, -0.05) is 48.9 Å². The Bertz CT molecular complexity index is 849. The molecule has 2 N–H and O–H groups in total. The second-order valence-electron chi connectivity index (χ2n) is 7.73. The van der Waals surface area contributed by atoms with Crippen LogP contribution >= 0.6 is 0 Å². The molecule has 1 aliphatic heterocycles. The zero-order valence-corrected chi connectivity index (χ0v) is 16.3. The molecule has 2 aromatic carbocycles.